The van der Waals surface area contributed by atoms with Crippen molar-refractivity contribution in [3.63, 3.8) is 0 Å². The summed E-state index contributed by atoms with van der Waals surface area (Å²) < 4.78 is 5.83. The van der Waals surface area contributed by atoms with Crippen LogP contribution in [0.5, 0.6) is 5.75 Å². The summed E-state index contributed by atoms with van der Waals surface area (Å²) >= 11 is 5.33. The van der Waals surface area contributed by atoms with Gasteiger partial charge < -0.3 is 15.4 Å². The molecule has 0 saturated carbocycles. The average Bonchev–Trinajstić information content (AvgIpc) is 2.85. The fraction of sp³-hybridized carbons (Fsp3) is 0.222. The molecular formula is C27H29N3O3S. The molecule has 6 nitrogen and oxygen atoms in total. The first-order chi connectivity index (χ1) is 16.6. The minimum Gasteiger partial charge on any atom is -0.493 e. The van der Waals surface area contributed by atoms with Gasteiger partial charge in [0.25, 0.3) is 11.8 Å². The van der Waals surface area contributed by atoms with Crippen molar-refractivity contribution in [1.29, 1.82) is 0 Å². The fourth-order valence-corrected chi connectivity index (χ4v) is 3.50. The summed E-state index contributed by atoms with van der Waals surface area (Å²) in [6, 6.07) is 23.2. The van der Waals surface area contributed by atoms with Gasteiger partial charge in [-0.25, -0.2) is 0 Å². The minimum atomic E-state index is -0.352. The number of hydrogen-bond donors (Lipinski definition) is 3. The van der Waals surface area contributed by atoms with Gasteiger partial charge in [-0.15, -0.1) is 0 Å². The molecule has 3 aromatic carbocycles. The molecule has 0 fully saturated rings. The number of nitrogens with one attached hydrogen (secondary N) is 3. The lowest BCUT2D eigenvalue weighted by atomic mass is 10.2. The van der Waals surface area contributed by atoms with Crippen LogP contribution < -0.4 is 20.7 Å². The Labute approximate surface area is 205 Å². The zero-order chi connectivity index (χ0) is 24.2. The first kappa shape index (κ1) is 24.9. The zero-order valence-electron chi connectivity index (χ0n) is 19.2. The number of carbonyl (C=O) groups excluding carboxylic acids is 2. The Hall–Kier alpha value is -3.71. The van der Waals surface area contributed by atoms with E-state index in [4.69, 9.17) is 17.0 Å². The maximum atomic E-state index is 12.8. The van der Waals surface area contributed by atoms with Crippen molar-refractivity contribution in [2.24, 2.45) is 0 Å². The van der Waals surface area contributed by atoms with Gasteiger partial charge in [-0.05, 0) is 61.1 Å². The molecule has 7 heteroatoms. The lowest BCUT2D eigenvalue weighted by molar-refractivity contribution is 0.0972. The van der Waals surface area contributed by atoms with Crippen LogP contribution in [0.15, 0.2) is 78.9 Å². The second kappa shape index (κ2) is 13.1. The van der Waals surface area contributed by atoms with Gasteiger partial charge >= 0.3 is 0 Å². The van der Waals surface area contributed by atoms with Gasteiger partial charge in [0.05, 0.1) is 12.2 Å². The topological polar surface area (TPSA) is 79.5 Å². The van der Waals surface area contributed by atoms with Crippen LogP contribution in [0.4, 0.5) is 11.4 Å². The Morgan fingerprint density at radius 1 is 0.794 bits per heavy atom. The lowest BCUT2D eigenvalue weighted by Crippen LogP contribution is -2.34. The summed E-state index contributed by atoms with van der Waals surface area (Å²) in [5.74, 6) is -0.0277. The Bertz CT molecular complexity index is 1120. The largest absolute Gasteiger partial charge is 0.493 e. The van der Waals surface area contributed by atoms with Crippen molar-refractivity contribution in [2.75, 3.05) is 17.2 Å². The van der Waals surface area contributed by atoms with Gasteiger partial charge in [0.2, 0.25) is 0 Å². The number of hydrogen-bond acceptors (Lipinski definition) is 4. The Morgan fingerprint density at radius 3 is 2.26 bits per heavy atom. The maximum Gasteiger partial charge on any atom is 0.261 e. The molecule has 176 valence electrons. The normalized spacial score (nSPS) is 10.3. The highest BCUT2D eigenvalue weighted by molar-refractivity contribution is 7.80. The molecule has 34 heavy (non-hydrogen) atoms. The van der Waals surface area contributed by atoms with Crippen LogP contribution in [0.3, 0.4) is 0 Å². The Balaban J connectivity index is 1.56. The molecule has 3 aromatic rings. The van der Waals surface area contributed by atoms with E-state index in [1.807, 2.05) is 24.3 Å². The second-order valence-electron chi connectivity index (χ2n) is 7.71. The molecule has 2 amide bonds. The Kier molecular flexibility index (Phi) is 9.61. The molecular weight excluding hydrogens is 446 g/mol. The van der Waals surface area contributed by atoms with Crippen molar-refractivity contribution >= 4 is 40.5 Å². The van der Waals surface area contributed by atoms with Crippen LogP contribution in [0.2, 0.25) is 0 Å². The molecule has 0 radical (unpaired) electrons. The highest BCUT2D eigenvalue weighted by atomic mass is 32.1. The third-order valence-electron chi connectivity index (χ3n) is 5.03. The number of unbranched alkanes of at least 4 members (excludes halogenated alkanes) is 3. The molecule has 0 spiro atoms. The predicted molar refractivity (Wildman–Crippen MR) is 141 cm³/mol. The third-order valence-corrected chi connectivity index (χ3v) is 5.23. The zero-order valence-corrected chi connectivity index (χ0v) is 20.0. The van der Waals surface area contributed by atoms with Gasteiger partial charge in [-0.2, -0.15) is 0 Å². The van der Waals surface area contributed by atoms with Crippen LogP contribution in [0.1, 0.15) is 53.3 Å². The SMILES string of the molecule is CCCCCCOc1ccccc1C(=O)NC(=S)Nc1cccc(NC(=O)c2ccccc2)c1. The number of benzene rings is 3. The standard InChI is InChI=1S/C27H29N3O3S/c1-2-3-4-10-18-33-24-17-9-8-16-23(24)26(32)30-27(34)29-22-15-11-14-21(19-22)28-25(31)20-12-6-5-7-13-20/h5-9,11-17,19H,2-4,10,18H2,1H3,(H,28,31)(H2,29,30,32,34). The number of para-hydroxylation sites is 1. The summed E-state index contributed by atoms with van der Waals surface area (Å²) in [5.41, 5.74) is 2.23. The molecule has 0 unspecified atom stereocenters. The van der Waals surface area contributed by atoms with E-state index in [1.165, 1.54) is 6.42 Å². The smallest absolute Gasteiger partial charge is 0.261 e. The molecule has 0 bridgehead atoms. The van der Waals surface area contributed by atoms with E-state index in [-0.39, 0.29) is 16.9 Å². The monoisotopic (exact) mass is 475 g/mol. The van der Waals surface area contributed by atoms with E-state index in [1.54, 1.807) is 54.6 Å². The first-order valence-electron chi connectivity index (χ1n) is 11.4. The summed E-state index contributed by atoms with van der Waals surface area (Å²) in [6.07, 6.45) is 4.37. The van der Waals surface area contributed by atoms with Crippen LogP contribution >= 0.6 is 12.2 Å². The van der Waals surface area contributed by atoms with Crippen molar-refractivity contribution in [2.45, 2.75) is 32.6 Å². The van der Waals surface area contributed by atoms with Crippen LogP contribution in [0.25, 0.3) is 0 Å². The summed E-state index contributed by atoms with van der Waals surface area (Å²) in [5, 5.41) is 8.68. The summed E-state index contributed by atoms with van der Waals surface area (Å²) in [6.45, 7) is 2.73. The number of carbonyl (C=O) groups is 2. The number of amides is 2. The van der Waals surface area contributed by atoms with Crippen molar-refractivity contribution in [3.8, 4) is 5.75 Å². The molecule has 0 atom stereocenters. The Morgan fingerprint density at radius 2 is 1.50 bits per heavy atom. The quantitative estimate of drug-likeness (QED) is 0.247. The lowest BCUT2D eigenvalue weighted by Gasteiger charge is -2.14. The predicted octanol–water partition coefficient (Wildman–Crippen LogP) is 6.02. The van der Waals surface area contributed by atoms with E-state index >= 15 is 0 Å². The number of thiocarbonyl (C=S) groups is 1. The summed E-state index contributed by atoms with van der Waals surface area (Å²) in [4.78, 5) is 25.2. The van der Waals surface area contributed by atoms with E-state index in [0.717, 1.165) is 19.3 Å². The van der Waals surface area contributed by atoms with E-state index in [2.05, 4.69) is 22.9 Å². The van der Waals surface area contributed by atoms with Crippen molar-refractivity contribution < 1.29 is 14.3 Å². The van der Waals surface area contributed by atoms with E-state index < -0.39 is 0 Å². The van der Waals surface area contributed by atoms with Crippen LogP contribution in [-0.4, -0.2) is 23.5 Å². The van der Waals surface area contributed by atoms with Crippen LogP contribution in [-0.2, 0) is 0 Å². The molecule has 0 aliphatic carbocycles. The number of anilines is 2. The van der Waals surface area contributed by atoms with Gasteiger partial charge in [0.15, 0.2) is 5.11 Å². The van der Waals surface area contributed by atoms with Gasteiger partial charge in [0.1, 0.15) is 5.75 Å². The molecule has 3 N–H and O–H groups in total. The first-order valence-corrected chi connectivity index (χ1v) is 11.8. The van der Waals surface area contributed by atoms with Gasteiger partial charge in [-0.3, -0.25) is 14.9 Å². The average molecular weight is 476 g/mol. The van der Waals surface area contributed by atoms with E-state index in [9.17, 15) is 9.59 Å². The second-order valence-corrected chi connectivity index (χ2v) is 8.12. The molecule has 0 saturated heterocycles. The third kappa shape index (κ3) is 7.71. The summed E-state index contributed by atoms with van der Waals surface area (Å²) in [7, 11) is 0. The molecule has 0 heterocycles. The molecule has 0 aromatic heterocycles. The molecule has 3 rings (SSSR count). The highest BCUT2D eigenvalue weighted by Gasteiger charge is 2.14. The van der Waals surface area contributed by atoms with E-state index in [0.29, 0.717) is 34.9 Å². The number of ether oxygens (including phenoxy) is 1. The van der Waals surface area contributed by atoms with Gasteiger partial charge in [-0.1, -0.05) is 62.6 Å². The van der Waals surface area contributed by atoms with Crippen molar-refractivity contribution in [3.05, 3.63) is 90.0 Å². The highest BCUT2D eigenvalue weighted by Crippen LogP contribution is 2.19. The minimum absolute atomic E-state index is 0.147. The van der Waals surface area contributed by atoms with Gasteiger partial charge in [0, 0.05) is 16.9 Å². The fourth-order valence-electron chi connectivity index (χ4n) is 3.29. The molecule has 0 aliphatic heterocycles. The number of rotatable bonds is 10. The van der Waals surface area contributed by atoms with Crippen LogP contribution in [0, 0.1) is 0 Å². The maximum absolute atomic E-state index is 12.8. The van der Waals surface area contributed by atoms with Crippen molar-refractivity contribution in [1.82, 2.24) is 5.32 Å². The molecule has 0 aliphatic rings.